The number of hydrogen-bond donors (Lipinski definition) is 1. The highest BCUT2D eigenvalue weighted by atomic mass is 16.1. The Morgan fingerprint density at radius 3 is 2.34 bits per heavy atom. The number of anilines is 1. The molecule has 6 heteroatoms. The summed E-state index contributed by atoms with van der Waals surface area (Å²) in [5.74, 6) is 0.658. The van der Waals surface area contributed by atoms with Crippen molar-refractivity contribution in [3.63, 3.8) is 0 Å². The fraction of sp³-hybridized carbons (Fsp3) is 0.261. The highest BCUT2D eigenvalue weighted by Gasteiger charge is 2.15. The summed E-state index contributed by atoms with van der Waals surface area (Å²) in [6, 6.07) is 18.3. The summed E-state index contributed by atoms with van der Waals surface area (Å²) in [6.07, 6.45) is 2.29. The van der Waals surface area contributed by atoms with E-state index in [9.17, 15) is 9.59 Å². The molecule has 0 bridgehead atoms. The van der Waals surface area contributed by atoms with Gasteiger partial charge in [-0.3, -0.25) is 9.59 Å². The Bertz CT molecular complexity index is 1050. The van der Waals surface area contributed by atoms with Crippen LogP contribution in [0, 0.1) is 6.92 Å². The molecule has 1 aliphatic rings. The minimum Gasteiger partial charge on any atom is -0.355 e. The predicted molar refractivity (Wildman–Crippen MR) is 114 cm³/mol. The Hall–Kier alpha value is -3.41. The first-order valence-corrected chi connectivity index (χ1v) is 9.90. The van der Waals surface area contributed by atoms with Crippen LogP contribution in [-0.4, -0.2) is 28.8 Å². The molecule has 0 spiro atoms. The second-order valence-electron chi connectivity index (χ2n) is 7.35. The smallest absolute Gasteiger partial charge is 0.271 e. The number of hydrogen-bond acceptors (Lipinski definition) is 4. The molecule has 1 N–H and O–H groups in total. The molecule has 0 atom stereocenters. The van der Waals surface area contributed by atoms with Gasteiger partial charge < -0.3 is 10.2 Å². The van der Waals surface area contributed by atoms with Gasteiger partial charge in [0.1, 0.15) is 5.82 Å². The Morgan fingerprint density at radius 2 is 1.66 bits per heavy atom. The van der Waals surface area contributed by atoms with E-state index in [0.717, 1.165) is 37.3 Å². The topological polar surface area (TPSA) is 67.2 Å². The zero-order chi connectivity index (χ0) is 20.2. The first-order valence-electron chi connectivity index (χ1n) is 9.90. The van der Waals surface area contributed by atoms with Crippen molar-refractivity contribution < 1.29 is 4.79 Å². The molecule has 1 aromatic heterocycles. The van der Waals surface area contributed by atoms with Crippen molar-refractivity contribution in [3.05, 3.63) is 87.7 Å². The van der Waals surface area contributed by atoms with Gasteiger partial charge in [-0.1, -0.05) is 29.8 Å². The van der Waals surface area contributed by atoms with Gasteiger partial charge in [-0.2, -0.15) is 4.68 Å². The third-order valence-electron chi connectivity index (χ3n) is 5.16. The Kier molecular flexibility index (Phi) is 5.42. The summed E-state index contributed by atoms with van der Waals surface area (Å²) in [5, 5.41) is 7.43. The first kappa shape index (κ1) is 18.9. The molecule has 4 rings (SSSR count). The predicted octanol–water partition coefficient (Wildman–Crippen LogP) is 3.07. The quantitative estimate of drug-likeness (QED) is 0.729. The van der Waals surface area contributed by atoms with Crippen LogP contribution in [0.4, 0.5) is 5.82 Å². The van der Waals surface area contributed by atoms with Crippen LogP contribution < -0.4 is 15.8 Å². The average Bonchev–Trinajstić information content (AvgIpc) is 3.28. The third kappa shape index (κ3) is 4.37. The van der Waals surface area contributed by atoms with Crippen molar-refractivity contribution in [1.82, 2.24) is 15.1 Å². The molecule has 0 aliphatic carbocycles. The SMILES string of the molecule is Cc1ccc(CNC(=O)c2ccc(-n3nc(N4CCCC4)ccc3=O)cc2)cc1. The molecule has 29 heavy (non-hydrogen) atoms. The lowest BCUT2D eigenvalue weighted by molar-refractivity contribution is 0.0951. The maximum Gasteiger partial charge on any atom is 0.271 e. The summed E-state index contributed by atoms with van der Waals surface area (Å²) in [5.41, 5.74) is 3.24. The van der Waals surface area contributed by atoms with Crippen LogP contribution in [0.2, 0.25) is 0 Å². The summed E-state index contributed by atoms with van der Waals surface area (Å²) in [7, 11) is 0. The molecule has 1 saturated heterocycles. The molecular weight excluding hydrogens is 364 g/mol. The van der Waals surface area contributed by atoms with Gasteiger partial charge in [0.25, 0.3) is 11.5 Å². The average molecular weight is 388 g/mol. The summed E-state index contributed by atoms with van der Waals surface area (Å²) >= 11 is 0. The van der Waals surface area contributed by atoms with E-state index in [1.807, 2.05) is 31.2 Å². The van der Waals surface area contributed by atoms with Crippen LogP contribution in [0.15, 0.2) is 65.5 Å². The van der Waals surface area contributed by atoms with Crippen molar-refractivity contribution >= 4 is 11.7 Å². The van der Waals surface area contributed by atoms with E-state index >= 15 is 0 Å². The largest absolute Gasteiger partial charge is 0.355 e. The normalized spacial score (nSPS) is 13.5. The third-order valence-corrected chi connectivity index (χ3v) is 5.16. The summed E-state index contributed by atoms with van der Waals surface area (Å²) in [4.78, 5) is 26.9. The lowest BCUT2D eigenvalue weighted by Gasteiger charge is -2.17. The van der Waals surface area contributed by atoms with Crippen LogP contribution in [0.25, 0.3) is 5.69 Å². The zero-order valence-corrected chi connectivity index (χ0v) is 16.5. The number of rotatable bonds is 5. The number of carbonyl (C=O) groups is 1. The van der Waals surface area contributed by atoms with Gasteiger partial charge in [0, 0.05) is 31.3 Å². The van der Waals surface area contributed by atoms with Crippen molar-refractivity contribution in [3.8, 4) is 5.69 Å². The van der Waals surface area contributed by atoms with E-state index in [2.05, 4.69) is 15.3 Å². The number of aryl methyl sites for hydroxylation is 1. The van der Waals surface area contributed by atoms with Crippen LogP contribution in [0.1, 0.15) is 34.3 Å². The number of amides is 1. The molecule has 148 valence electrons. The monoisotopic (exact) mass is 388 g/mol. The van der Waals surface area contributed by atoms with Crippen LogP contribution in [-0.2, 0) is 6.54 Å². The van der Waals surface area contributed by atoms with Gasteiger partial charge in [-0.15, -0.1) is 5.10 Å². The van der Waals surface area contributed by atoms with Gasteiger partial charge >= 0.3 is 0 Å². The van der Waals surface area contributed by atoms with E-state index in [4.69, 9.17) is 0 Å². The Labute approximate surface area is 169 Å². The van der Waals surface area contributed by atoms with Gasteiger partial charge in [0.15, 0.2) is 0 Å². The van der Waals surface area contributed by atoms with Crippen molar-refractivity contribution in [1.29, 1.82) is 0 Å². The van der Waals surface area contributed by atoms with E-state index in [0.29, 0.717) is 17.8 Å². The van der Waals surface area contributed by atoms with Crippen molar-refractivity contribution in [2.45, 2.75) is 26.3 Å². The highest BCUT2D eigenvalue weighted by Crippen LogP contribution is 2.17. The number of carbonyl (C=O) groups excluding carboxylic acids is 1. The molecular formula is C23H24N4O2. The van der Waals surface area contributed by atoms with E-state index < -0.39 is 0 Å². The van der Waals surface area contributed by atoms with Gasteiger partial charge in [0.2, 0.25) is 0 Å². The fourth-order valence-corrected chi connectivity index (χ4v) is 3.45. The fourth-order valence-electron chi connectivity index (χ4n) is 3.45. The zero-order valence-electron chi connectivity index (χ0n) is 16.5. The molecule has 1 amide bonds. The lowest BCUT2D eigenvalue weighted by atomic mass is 10.1. The molecule has 2 aromatic carbocycles. The van der Waals surface area contributed by atoms with Crippen LogP contribution in [0.3, 0.4) is 0 Å². The molecule has 1 fully saturated rings. The summed E-state index contributed by atoms with van der Waals surface area (Å²) in [6.45, 7) is 4.43. The van der Waals surface area contributed by atoms with Gasteiger partial charge in [-0.05, 0) is 55.7 Å². The summed E-state index contributed by atoms with van der Waals surface area (Å²) < 4.78 is 1.39. The van der Waals surface area contributed by atoms with E-state index in [-0.39, 0.29) is 11.5 Å². The number of benzene rings is 2. The van der Waals surface area contributed by atoms with Crippen LogP contribution >= 0.6 is 0 Å². The first-order chi connectivity index (χ1) is 14.1. The molecule has 3 aromatic rings. The molecule has 0 saturated carbocycles. The maximum atomic E-state index is 12.4. The van der Waals surface area contributed by atoms with Crippen molar-refractivity contribution in [2.75, 3.05) is 18.0 Å². The molecule has 0 radical (unpaired) electrons. The maximum absolute atomic E-state index is 12.4. The van der Waals surface area contributed by atoms with E-state index in [1.54, 1.807) is 36.4 Å². The highest BCUT2D eigenvalue weighted by molar-refractivity contribution is 5.94. The van der Waals surface area contributed by atoms with Crippen LogP contribution in [0.5, 0.6) is 0 Å². The number of aromatic nitrogens is 2. The molecule has 0 unspecified atom stereocenters. The standard InChI is InChI=1S/C23H24N4O2/c1-17-4-6-18(7-5-17)16-24-23(29)19-8-10-20(11-9-19)27-22(28)13-12-21(25-27)26-14-2-3-15-26/h4-13H,2-3,14-16H2,1H3,(H,24,29). The van der Waals surface area contributed by atoms with Crippen molar-refractivity contribution in [2.24, 2.45) is 0 Å². The van der Waals surface area contributed by atoms with Gasteiger partial charge in [-0.25, -0.2) is 0 Å². The Balaban J connectivity index is 1.47. The van der Waals surface area contributed by atoms with Gasteiger partial charge in [0.05, 0.1) is 5.69 Å². The molecule has 1 aliphatic heterocycles. The number of nitrogens with one attached hydrogen (secondary N) is 1. The molecule has 6 nitrogen and oxygen atoms in total. The second kappa shape index (κ2) is 8.31. The van der Waals surface area contributed by atoms with E-state index in [1.165, 1.54) is 10.2 Å². The Morgan fingerprint density at radius 1 is 0.966 bits per heavy atom. The minimum atomic E-state index is -0.190. The lowest BCUT2D eigenvalue weighted by Crippen LogP contribution is -2.26. The number of nitrogens with zero attached hydrogens (tertiary/aromatic N) is 3. The minimum absolute atomic E-state index is 0.150. The second-order valence-corrected chi connectivity index (χ2v) is 7.35. The molecule has 2 heterocycles.